The van der Waals surface area contributed by atoms with Crippen LogP contribution in [0.4, 0.5) is 4.39 Å². The number of amides is 2. The highest BCUT2D eigenvalue weighted by molar-refractivity contribution is 5.96. The SMILES string of the molecule is CN(C)[C@H](CNC(=O)CNC(=O)c1ccccc1)c1cccc(F)c1. The number of halogens is 1. The number of rotatable bonds is 7. The van der Waals surface area contributed by atoms with Crippen molar-refractivity contribution in [3.8, 4) is 0 Å². The molecule has 0 aliphatic carbocycles. The van der Waals surface area contributed by atoms with Gasteiger partial charge >= 0.3 is 0 Å². The predicted molar refractivity (Wildman–Crippen MR) is 94.6 cm³/mol. The molecule has 132 valence electrons. The largest absolute Gasteiger partial charge is 0.353 e. The monoisotopic (exact) mass is 343 g/mol. The lowest BCUT2D eigenvalue weighted by Gasteiger charge is -2.25. The first kappa shape index (κ1) is 18.6. The van der Waals surface area contributed by atoms with Crippen molar-refractivity contribution >= 4 is 11.8 Å². The normalized spacial score (nSPS) is 11.8. The second-order valence-electron chi connectivity index (χ2n) is 5.89. The van der Waals surface area contributed by atoms with E-state index in [1.54, 1.807) is 30.3 Å². The number of hydrogen-bond donors (Lipinski definition) is 2. The maximum absolute atomic E-state index is 13.4. The molecule has 5 nitrogen and oxygen atoms in total. The smallest absolute Gasteiger partial charge is 0.251 e. The number of nitrogens with one attached hydrogen (secondary N) is 2. The van der Waals surface area contributed by atoms with Crippen LogP contribution in [0.3, 0.4) is 0 Å². The van der Waals surface area contributed by atoms with E-state index in [4.69, 9.17) is 0 Å². The zero-order valence-electron chi connectivity index (χ0n) is 14.3. The summed E-state index contributed by atoms with van der Waals surface area (Å²) in [5.41, 5.74) is 1.28. The van der Waals surface area contributed by atoms with Gasteiger partial charge < -0.3 is 15.5 Å². The van der Waals surface area contributed by atoms with E-state index >= 15 is 0 Å². The van der Waals surface area contributed by atoms with Gasteiger partial charge in [0, 0.05) is 12.1 Å². The lowest BCUT2D eigenvalue weighted by Crippen LogP contribution is -2.40. The Morgan fingerprint density at radius 1 is 1.04 bits per heavy atom. The molecule has 0 fully saturated rings. The van der Waals surface area contributed by atoms with Gasteiger partial charge in [-0.1, -0.05) is 30.3 Å². The van der Waals surface area contributed by atoms with E-state index in [1.807, 2.05) is 31.1 Å². The molecule has 0 saturated heterocycles. The van der Waals surface area contributed by atoms with E-state index in [1.165, 1.54) is 12.1 Å². The molecule has 6 heteroatoms. The molecule has 0 heterocycles. The summed E-state index contributed by atoms with van der Waals surface area (Å²) in [4.78, 5) is 25.8. The quantitative estimate of drug-likeness (QED) is 0.808. The molecule has 2 N–H and O–H groups in total. The molecule has 0 unspecified atom stereocenters. The second-order valence-corrected chi connectivity index (χ2v) is 5.89. The van der Waals surface area contributed by atoms with Gasteiger partial charge in [-0.3, -0.25) is 9.59 Å². The minimum Gasteiger partial charge on any atom is -0.353 e. The van der Waals surface area contributed by atoms with E-state index in [-0.39, 0.29) is 30.2 Å². The highest BCUT2D eigenvalue weighted by Crippen LogP contribution is 2.18. The number of hydrogen-bond acceptors (Lipinski definition) is 3. The molecule has 2 amide bonds. The number of carbonyl (C=O) groups excluding carboxylic acids is 2. The Morgan fingerprint density at radius 3 is 2.40 bits per heavy atom. The summed E-state index contributed by atoms with van der Waals surface area (Å²) in [5.74, 6) is -0.914. The van der Waals surface area contributed by atoms with E-state index in [0.717, 1.165) is 5.56 Å². The summed E-state index contributed by atoms with van der Waals surface area (Å²) in [6.45, 7) is 0.202. The van der Waals surface area contributed by atoms with Gasteiger partial charge in [0.25, 0.3) is 5.91 Å². The average molecular weight is 343 g/mol. The molecule has 0 spiro atoms. The maximum atomic E-state index is 13.4. The first-order valence-corrected chi connectivity index (χ1v) is 7.99. The Labute approximate surface area is 146 Å². The molecule has 0 radical (unpaired) electrons. The number of carbonyl (C=O) groups is 2. The van der Waals surface area contributed by atoms with Gasteiger partial charge in [-0.15, -0.1) is 0 Å². The van der Waals surface area contributed by atoms with Crippen molar-refractivity contribution in [3.63, 3.8) is 0 Å². The van der Waals surface area contributed by atoms with Crippen LogP contribution in [-0.4, -0.2) is 43.9 Å². The second kappa shape index (κ2) is 8.94. The Kier molecular flexibility index (Phi) is 6.65. The molecule has 2 rings (SSSR count). The fraction of sp³-hybridized carbons (Fsp3) is 0.263. The van der Waals surface area contributed by atoms with Crippen molar-refractivity contribution in [3.05, 3.63) is 71.5 Å². The lowest BCUT2D eigenvalue weighted by molar-refractivity contribution is -0.120. The van der Waals surface area contributed by atoms with E-state index in [9.17, 15) is 14.0 Å². The molecule has 0 saturated carbocycles. The summed E-state index contributed by atoms with van der Waals surface area (Å²) in [6, 6.07) is 14.8. The van der Waals surface area contributed by atoms with Crippen molar-refractivity contribution in [1.82, 2.24) is 15.5 Å². The summed E-state index contributed by atoms with van der Waals surface area (Å²) in [6.07, 6.45) is 0. The van der Waals surface area contributed by atoms with Crippen molar-refractivity contribution in [2.24, 2.45) is 0 Å². The molecule has 2 aromatic rings. The average Bonchev–Trinajstić information content (AvgIpc) is 2.60. The standard InChI is InChI=1S/C19H22FN3O2/c1-23(2)17(15-9-6-10-16(20)11-15)12-21-18(24)13-22-19(25)14-7-4-3-5-8-14/h3-11,17H,12-13H2,1-2H3,(H,21,24)(H,22,25)/t17-/m1/s1. The van der Waals surface area contributed by atoms with Crippen LogP contribution < -0.4 is 10.6 Å². The first-order valence-electron chi connectivity index (χ1n) is 7.99. The Hall–Kier alpha value is -2.73. The topological polar surface area (TPSA) is 61.4 Å². The molecular weight excluding hydrogens is 321 g/mol. The van der Waals surface area contributed by atoms with Crippen molar-refractivity contribution in [1.29, 1.82) is 0 Å². The van der Waals surface area contributed by atoms with E-state index in [0.29, 0.717) is 12.1 Å². The van der Waals surface area contributed by atoms with Crippen LogP contribution in [0.5, 0.6) is 0 Å². The Bertz CT molecular complexity index is 720. The molecule has 2 aromatic carbocycles. The fourth-order valence-corrected chi connectivity index (χ4v) is 2.44. The minimum absolute atomic E-state index is 0.114. The van der Waals surface area contributed by atoms with E-state index in [2.05, 4.69) is 10.6 Å². The number of nitrogens with zero attached hydrogens (tertiary/aromatic N) is 1. The molecule has 0 bridgehead atoms. The maximum Gasteiger partial charge on any atom is 0.251 e. The molecule has 0 aliphatic rings. The van der Waals surface area contributed by atoms with Gasteiger partial charge in [-0.25, -0.2) is 4.39 Å². The van der Waals surface area contributed by atoms with Crippen molar-refractivity contribution in [2.75, 3.05) is 27.2 Å². The van der Waals surface area contributed by atoms with E-state index < -0.39 is 0 Å². The number of benzene rings is 2. The Morgan fingerprint density at radius 2 is 1.76 bits per heavy atom. The third kappa shape index (κ3) is 5.69. The van der Waals surface area contributed by atoms with Crippen LogP contribution in [-0.2, 0) is 4.79 Å². The summed E-state index contributed by atoms with van der Waals surface area (Å²) in [5, 5.41) is 5.35. The van der Waals surface area contributed by atoms with Crippen LogP contribution >= 0.6 is 0 Å². The minimum atomic E-state index is -0.314. The van der Waals surface area contributed by atoms with Crippen LogP contribution in [0.15, 0.2) is 54.6 Å². The number of likely N-dealkylation sites (N-methyl/N-ethyl adjacent to an activating group) is 1. The summed E-state index contributed by atoms with van der Waals surface area (Å²) < 4.78 is 13.4. The molecule has 0 aliphatic heterocycles. The molecule has 1 atom stereocenters. The van der Waals surface area contributed by atoms with Gasteiger partial charge in [0.15, 0.2) is 0 Å². The van der Waals surface area contributed by atoms with Gasteiger partial charge in [0.2, 0.25) is 5.91 Å². The Balaban J connectivity index is 1.86. The van der Waals surface area contributed by atoms with Gasteiger partial charge in [-0.05, 0) is 43.9 Å². The molecular formula is C19H22FN3O2. The third-order valence-electron chi connectivity index (χ3n) is 3.79. The fourth-order valence-electron chi connectivity index (χ4n) is 2.44. The third-order valence-corrected chi connectivity index (χ3v) is 3.79. The summed E-state index contributed by atoms with van der Waals surface area (Å²) in [7, 11) is 3.72. The summed E-state index contributed by atoms with van der Waals surface area (Å²) >= 11 is 0. The first-order chi connectivity index (χ1) is 12.0. The van der Waals surface area contributed by atoms with Crippen molar-refractivity contribution < 1.29 is 14.0 Å². The van der Waals surface area contributed by atoms with Gasteiger partial charge in [0.05, 0.1) is 12.6 Å². The zero-order chi connectivity index (χ0) is 18.2. The highest BCUT2D eigenvalue weighted by Gasteiger charge is 2.16. The highest BCUT2D eigenvalue weighted by atomic mass is 19.1. The van der Waals surface area contributed by atoms with Gasteiger partial charge in [-0.2, -0.15) is 0 Å². The lowest BCUT2D eigenvalue weighted by atomic mass is 10.1. The van der Waals surface area contributed by atoms with Gasteiger partial charge in [0.1, 0.15) is 5.82 Å². The molecule has 25 heavy (non-hydrogen) atoms. The van der Waals surface area contributed by atoms with Crippen molar-refractivity contribution in [2.45, 2.75) is 6.04 Å². The zero-order valence-corrected chi connectivity index (χ0v) is 14.3. The predicted octanol–water partition coefficient (Wildman–Crippen LogP) is 1.97. The van der Waals surface area contributed by atoms with Crippen LogP contribution in [0, 0.1) is 5.82 Å². The van der Waals surface area contributed by atoms with Crippen LogP contribution in [0.1, 0.15) is 22.0 Å². The van der Waals surface area contributed by atoms with Crippen LogP contribution in [0.25, 0.3) is 0 Å². The molecule has 0 aromatic heterocycles. The van der Waals surface area contributed by atoms with Crippen LogP contribution in [0.2, 0.25) is 0 Å².